The Morgan fingerprint density at radius 3 is 2.80 bits per heavy atom. The van der Waals surface area contributed by atoms with E-state index >= 15 is 0 Å². The first-order valence-electron chi connectivity index (χ1n) is 4.89. The Hall–Kier alpha value is -1.84. The highest BCUT2D eigenvalue weighted by atomic mass is 16.3. The molecular formula is C11H13N3O. The topological polar surface area (TPSA) is 50.9 Å². The summed E-state index contributed by atoms with van der Waals surface area (Å²) in [4.78, 5) is 4.11. The summed E-state index contributed by atoms with van der Waals surface area (Å²) in [6, 6.07) is 5.63. The summed E-state index contributed by atoms with van der Waals surface area (Å²) in [6.45, 7) is 2.00. The second-order valence-corrected chi connectivity index (χ2v) is 3.41. The number of nitrogens with zero attached hydrogens (tertiary/aromatic N) is 3. The number of phenols is 1. The molecule has 2 rings (SSSR count). The SMILES string of the molecule is CCc1cccc(-c2ncn(C)n2)c1O. The van der Waals surface area contributed by atoms with E-state index in [1.807, 2.05) is 25.1 Å². The third-order valence-electron chi connectivity index (χ3n) is 2.34. The highest BCUT2D eigenvalue weighted by Crippen LogP contribution is 2.29. The second-order valence-electron chi connectivity index (χ2n) is 3.41. The summed E-state index contributed by atoms with van der Waals surface area (Å²) in [5.41, 5.74) is 1.61. The first-order valence-corrected chi connectivity index (χ1v) is 4.89. The van der Waals surface area contributed by atoms with Gasteiger partial charge >= 0.3 is 0 Å². The van der Waals surface area contributed by atoms with Crippen LogP contribution in [0.2, 0.25) is 0 Å². The smallest absolute Gasteiger partial charge is 0.184 e. The Bertz CT molecular complexity index is 476. The van der Waals surface area contributed by atoms with Crippen molar-refractivity contribution in [2.24, 2.45) is 7.05 Å². The van der Waals surface area contributed by atoms with Crippen LogP contribution in [0.4, 0.5) is 0 Å². The van der Waals surface area contributed by atoms with E-state index in [1.54, 1.807) is 18.1 Å². The fraction of sp³-hybridized carbons (Fsp3) is 0.273. The van der Waals surface area contributed by atoms with Crippen molar-refractivity contribution in [3.8, 4) is 17.1 Å². The van der Waals surface area contributed by atoms with Gasteiger partial charge in [0.15, 0.2) is 5.82 Å². The van der Waals surface area contributed by atoms with Gasteiger partial charge in [0.2, 0.25) is 0 Å². The fourth-order valence-electron chi connectivity index (χ4n) is 1.52. The number of phenolic OH excluding ortho intramolecular Hbond substituents is 1. The molecule has 4 heteroatoms. The average molecular weight is 203 g/mol. The summed E-state index contributed by atoms with van der Waals surface area (Å²) in [6.07, 6.45) is 2.42. The molecule has 0 aliphatic rings. The maximum absolute atomic E-state index is 9.96. The van der Waals surface area contributed by atoms with Crippen molar-refractivity contribution in [1.29, 1.82) is 0 Å². The molecule has 0 bridgehead atoms. The Kier molecular flexibility index (Phi) is 2.41. The van der Waals surface area contributed by atoms with Gasteiger partial charge in [0.1, 0.15) is 12.1 Å². The maximum atomic E-state index is 9.96. The molecule has 0 spiro atoms. The van der Waals surface area contributed by atoms with Crippen LogP contribution >= 0.6 is 0 Å². The zero-order chi connectivity index (χ0) is 10.8. The van der Waals surface area contributed by atoms with Crippen molar-refractivity contribution >= 4 is 0 Å². The molecule has 15 heavy (non-hydrogen) atoms. The zero-order valence-corrected chi connectivity index (χ0v) is 8.81. The molecule has 4 nitrogen and oxygen atoms in total. The lowest BCUT2D eigenvalue weighted by Gasteiger charge is -2.04. The van der Waals surface area contributed by atoms with Gasteiger partial charge in [-0.15, -0.1) is 0 Å². The minimum absolute atomic E-state index is 0.284. The quantitative estimate of drug-likeness (QED) is 0.809. The van der Waals surface area contributed by atoms with Gasteiger partial charge in [-0.25, -0.2) is 4.98 Å². The monoisotopic (exact) mass is 203 g/mol. The molecule has 0 amide bonds. The van der Waals surface area contributed by atoms with Crippen molar-refractivity contribution in [2.45, 2.75) is 13.3 Å². The second kappa shape index (κ2) is 3.73. The molecular weight excluding hydrogens is 190 g/mol. The normalized spacial score (nSPS) is 10.5. The van der Waals surface area contributed by atoms with Gasteiger partial charge in [0.05, 0.1) is 5.56 Å². The van der Waals surface area contributed by atoms with Crippen molar-refractivity contribution in [1.82, 2.24) is 14.8 Å². The van der Waals surface area contributed by atoms with Crippen LogP contribution in [0.5, 0.6) is 5.75 Å². The first-order chi connectivity index (χ1) is 7.22. The molecule has 2 aromatic rings. The van der Waals surface area contributed by atoms with E-state index in [2.05, 4.69) is 10.1 Å². The Labute approximate surface area is 88.2 Å². The van der Waals surface area contributed by atoms with Crippen LogP contribution in [0.15, 0.2) is 24.5 Å². The third-order valence-corrected chi connectivity index (χ3v) is 2.34. The van der Waals surface area contributed by atoms with Gasteiger partial charge < -0.3 is 5.11 Å². The van der Waals surface area contributed by atoms with Crippen LogP contribution in [0, 0.1) is 0 Å². The summed E-state index contributed by atoms with van der Waals surface area (Å²) in [5, 5.41) is 14.1. The molecule has 0 aliphatic heterocycles. The Balaban J connectivity index is 2.53. The molecule has 1 N–H and O–H groups in total. The minimum atomic E-state index is 0.284. The number of benzene rings is 1. The summed E-state index contributed by atoms with van der Waals surface area (Å²) in [7, 11) is 1.80. The maximum Gasteiger partial charge on any atom is 0.184 e. The summed E-state index contributed by atoms with van der Waals surface area (Å²) in [5.74, 6) is 0.844. The molecule has 1 aromatic heterocycles. The molecule has 0 aliphatic carbocycles. The number of para-hydroxylation sites is 1. The van der Waals surface area contributed by atoms with E-state index in [1.165, 1.54) is 0 Å². The van der Waals surface area contributed by atoms with Crippen molar-refractivity contribution in [3.63, 3.8) is 0 Å². The molecule has 0 atom stereocenters. The average Bonchev–Trinajstić information content (AvgIpc) is 2.65. The fourth-order valence-corrected chi connectivity index (χ4v) is 1.52. The molecule has 0 unspecified atom stereocenters. The summed E-state index contributed by atoms with van der Waals surface area (Å²) >= 11 is 0. The van der Waals surface area contributed by atoms with Crippen LogP contribution in [0.3, 0.4) is 0 Å². The van der Waals surface area contributed by atoms with Crippen LogP contribution < -0.4 is 0 Å². The molecule has 1 heterocycles. The van der Waals surface area contributed by atoms with Gasteiger partial charge in [-0.3, -0.25) is 4.68 Å². The highest BCUT2D eigenvalue weighted by Gasteiger charge is 2.10. The van der Waals surface area contributed by atoms with Crippen LogP contribution in [-0.2, 0) is 13.5 Å². The van der Waals surface area contributed by atoms with Gasteiger partial charge in [-0.2, -0.15) is 5.10 Å². The van der Waals surface area contributed by atoms with E-state index in [0.717, 1.165) is 12.0 Å². The number of aryl methyl sites for hydroxylation is 2. The largest absolute Gasteiger partial charge is 0.507 e. The van der Waals surface area contributed by atoms with Gasteiger partial charge in [-0.1, -0.05) is 19.1 Å². The van der Waals surface area contributed by atoms with E-state index in [0.29, 0.717) is 11.4 Å². The van der Waals surface area contributed by atoms with Crippen molar-refractivity contribution in [3.05, 3.63) is 30.1 Å². The van der Waals surface area contributed by atoms with Gasteiger partial charge in [0, 0.05) is 7.05 Å². The Morgan fingerprint density at radius 1 is 1.40 bits per heavy atom. The number of aromatic hydroxyl groups is 1. The predicted octanol–water partition coefficient (Wildman–Crippen LogP) is 1.75. The number of aromatic nitrogens is 3. The highest BCUT2D eigenvalue weighted by molar-refractivity contribution is 5.65. The standard InChI is InChI=1S/C11H13N3O/c1-3-8-5-4-6-9(10(8)15)11-12-7-14(2)13-11/h4-7,15H,3H2,1-2H3. The van der Waals surface area contributed by atoms with Crippen molar-refractivity contribution < 1.29 is 5.11 Å². The van der Waals surface area contributed by atoms with E-state index < -0.39 is 0 Å². The van der Waals surface area contributed by atoms with E-state index in [4.69, 9.17) is 0 Å². The predicted molar refractivity (Wildman–Crippen MR) is 57.5 cm³/mol. The lowest BCUT2D eigenvalue weighted by atomic mass is 10.1. The molecule has 78 valence electrons. The van der Waals surface area contributed by atoms with Crippen molar-refractivity contribution in [2.75, 3.05) is 0 Å². The van der Waals surface area contributed by atoms with Gasteiger partial charge in [0.25, 0.3) is 0 Å². The van der Waals surface area contributed by atoms with E-state index in [-0.39, 0.29) is 5.75 Å². The lowest BCUT2D eigenvalue weighted by Crippen LogP contribution is -1.90. The number of hydrogen-bond acceptors (Lipinski definition) is 3. The molecule has 1 aromatic carbocycles. The first kappa shape index (κ1) is 9.71. The third kappa shape index (κ3) is 1.70. The molecule has 0 fully saturated rings. The summed E-state index contributed by atoms with van der Waals surface area (Å²) < 4.78 is 1.62. The van der Waals surface area contributed by atoms with Crippen LogP contribution in [0.1, 0.15) is 12.5 Å². The number of hydrogen-bond donors (Lipinski definition) is 1. The zero-order valence-electron chi connectivity index (χ0n) is 8.81. The van der Waals surface area contributed by atoms with E-state index in [9.17, 15) is 5.11 Å². The lowest BCUT2D eigenvalue weighted by molar-refractivity contribution is 0.470. The van der Waals surface area contributed by atoms with Gasteiger partial charge in [-0.05, 0) is 18.1 Å². The molecule has 0 saturated heterocycles. The van der Waals surface area contributed by atoms with Crippen LogP contribution in [0.25, 0.3) is 11.4 Å². The molecule has 0 radical (unpaired) electrons. The number of rotatable bonds is 2. The van der Waals surface area contributed by atoms with Crippen LogP contribution in [-0.4, -0.2) is 19.9 Å². The Morgan fingerprint density at radius 2 is 2.20 bits per heavy atom. The molecule has 0 saturated carbocycles. The minimum Gasteiger partial charge on any atom is -0.507 e.